The molecule has 0 saturated carbocycles. The molecule has 4 amide bonds. The molecule has 2 aromatic rings. The number of benzene rings is 1. The van der Waals surface area contributed by atoms with Gasteiger partial charge in [0.05, 0.1) is 12.1 Å². The number of rotatable bonds is 4. The molecule has 1 atom stereocenters. The maximum Gasteiger partial charge on any atom is 0.341 e. The van der Waals surface area contributed by atoms with Gasteiger partial charge in [-0.2, -0.15) is 0 Å². The number of nitrogens with zero attached hydrogens (tertiary/aromatic N) is 1. The van der Waals surface area contributed by atoms with Crippen molar-refractivity contribution in [3.8, 4) is 10.4 Å². The predicted molar refractivity (Wildman–Crippen MR) is 107 cm³/mol. The minimum atomic E-state index is -0.970. The molecule has 1 fully saturated rings. The summed E-state index contributed by atoms with van der Waals surface area (Å²) in [6, 6.07) is 1.80. The lowest BCUT2D eigenvalue weighted by Crippen LogP contribution is -2.46. The molecule has 1 unspecified atom stereocenters. The van der Waals surface area contributed by atoms with Crippen molar-refractivity contribution in [1.29, 1.82) is 0 Å². The van der Waals surface area contributed by atoms with Crippen LogP contribution in [0.3, 0.4) is 0 Å². The Morgan fingerprint density at radius 1 is 1.20 bits per heavy atom. The number of likely N-dealkylation sites (tertiary alicyclic amines) is 1. The lowest BCUT2D eigenvalue weighted by Gasteiger charge is -2.31. The third-order valence-electron chi connectivity index (χ3n) is 4.42. The van der Waals surface area contributed by atoms with E-state index in [9.17, 15) is 23.2 Å². The fourth-order valence-corrected chi connectivity index (χ4v) is 4.18. The molecule has 30 heavy (non-hydrogen) atoms. The highest BCUT2D eigenvalue weighted by molar-refractivity contribution is 7.20. The first kappa shape index (κ1) is 21.8. The van der Waals surface area contributed by atoms with E-state index in [-0.39, 0.29) is 27.5 Å². The Labute approximate surface area is 178 Å². The fourth-order valence-electron chi connectivity index (χ4n) is 3.04. The van der Waals surface area contributed by atoms with Crippen LogP contribution in [-0.4, -0.2) is 42.1 Å². The number of urea groups is 2. The summed E-state index contributed by atoms with van der Waals surface area (Å²) in [5, 5.41) is 1.71. The first-order valence-corrected chi connectivity index (χ1v) is 9.95. The molecule has 1 aromatic carbocycles. The molecule has 1 saturated heterocycles. The number of amides is 4. The highest BCUT2D eigenvalue weighted by Crippen LogP contribution is 2.38. The molecule has 2 heterocycles. The topological polar surface area (TPSA) is 128 Å². The molecule has 8 nitrogen and oxygen atoms in total. The zero-order valence-corrected chi connectivity index (χ0v) is 17.0. The SMILES string of the molecule is NC(=O)Nc1sc(-c2cc(F)c(Cl)c(F)c2)cc1C(=O)OC1CCCN(C(N)=O)C1. The summed E-state index contributed by atoms with van der Waals surface area (Å²) in [7, 11) is 0. The first-order valence-electron chi connectivity index (χ1n) is 8.76. The zero-order chi connectivity index (χ0) is 22.0. The summed E-state index contributed by atoms with van der Waals surface area (Å²) in [6.45, 7) is 0.610. The number of thiophene rings is 1. The second kappa shape index (κ2) is 8.84. The maximum absolute atomic E-state index is 13.8. The third kappa shape index (κ3) is 4.79. The van der Waals surface area contributed by atoms with Gasteiger partial charge in [-0.3, -0.25) is 5.32 Å². The molecule has 0 spiro atoms. The van der Waals surface area contributed by atoms with Crippen molar-refractivity contribution in [2.75, 3.05) is 18.4 Å². The lowest BCUT2D eigenvalue weighted by atomic mass is 10.1. The standard InChI is InChI=1S/C18H17ClF2N4O4S/c19-14-11(20)4-8(5-12(14)21)13-6-10(15(30-13)24-17(22)27)16(26)29-9-2-1-3-25(7-9)18(23)28/h4-6,9H,1-3,7H2,(H2,23,28)(H3,22,24,27). The van der Waals surface area contributed by atoms with Gasteiger partial charge in [-0.15, -0.1) is 11.3 Å². The normalized spacial score (nSPS) is 16.2. The van der Waals surface area contributed by atoms with Gasteiger partial charge in [0, 0.05) is 11.4 Å². The Morgan fingerprint density at radius 2 is 1.87 bits per heavy atom. The van der Waals surface area contributed by atoms with Crippen LogP contribution < -0.4 is 16.8 Å². The second-order valence-corrected chi connectivity index (χ2v) is 7.98. The van der Waals surface area contributed by atoms with E-state index in [2.05, 4.69) is 5.32 Å². The Kier molecular flexibility index (Phi) is 6.42. The van der Waals surface area contributed by atoms with E-state index in [4.69, 9.17) is 27.8 Å². The highest BCUT2D eigenvalue weighted by atomic mass is 35.5. The van der Waals surface area contributed by atoms with Gasteiger partial charge >= 0.3 is 18.0 Å². The van der Waals surface area contributed by atoms with Gasteiger partial charge in [0.25, 0.3) is 0 Å². The average Bonchev–Trinajstić information content (AvgIpc) is 3.09. The van der Waals surface area contributed by atoms with Crippen molar-refractivity contribution in [3.63, 3.8) is 0 Å². The molecule has 5 N–H and O–H groups in total. The van der Waals surface area contributed by atoms with E-state index < -0.39 is 40.8 Å². The molecule has 0 bridgehead atoms. The van der Waals surface area contributed by atoms with E-state index in [1.807, 2.05) is 0 Å². The largest absolute Gasteiger partial charge is 0.457 e. The molecule has 160 valence electrons. The molecular formula is C18H17ClF2N4O4S. The summed E-state index contributed by atoms with van der Waals surface area (Å²) >= 11 is 6.39. The Bertz CT molecular complexity index is 993. The maximum atomic E-state index is 13.8. The predicted octanol–water partition coefficient (Wildman–Crippen LogP) is 3.54. The number of ether oxygens (including phenoxy) is 1. The molecule has 3 rings (SSSR count). The summed E-state index contributed by atoms with van der Waals surface area (Å²) in [5.41, 5.74) is 10.5. The first-order chi connectivity index (χ1) is 14.2. The number of anilines is 1. The fraction of sp³-hybridized carbons (Fsp3) is 0.278. The van der Waals surface area contributed by atoms with Gasteiger partial charge in [0.1, 0.15) is 27.8 Å². The molecular weight excluding hydrogens is 442 g/mol. The van der Waals surface area contributed by atoms with Crippen LogP contribution in [0.25, 0.3) is 10.4 Å². The van der Waals surface area contributed by atoms with Crippen LogP contribution in [0.15, 0.2) is 18.2 Å². The van der Waals surface area contributed by atoms with Crippen molar-refractivity contribution in [3.05, 3.63) is 40.4 Å². The molecule has 1 aliphatic heterocycles. The van der Waals surface area contributed by atoms with Gasteiger partial charge in [0.15, 0.2) is 0 Å². The number of esters is 1. The highest BCUT2D eigenvalue weighted by Gasteiger charge is 2.28. The van der Waals surface area contributed by atoms with Gasteiger partial charge < -0.3 is 21.1 Å². The van der Waals surface area contributed by atoms with E-state index >= 15 is 0 Å². The number of carbonyl (C=O) groups is 3. The monoisotopic (exact) mass is 458 g/mol. The smallest absolute Gasteiger partial charge is 0.341 e. The van der Waals surface area contributed by atoms with Gasteiger partial charge in [-0.25, -0.2) is 23.2 Å². The molecule has 0 radical (unpaired) electrons. The van der Waals surface area contributed by atoms with E-state index in [1.54, 1.807) is 0 Å². The number of nitrogens with one attached hydrogen (secondary N) is 1. The van der Waals surface area contributed by atoms with Crippen LogP contribution in [0.4, 0.5) is 23.4 Å². The van der Waals surface area contributed by atoms with Gasteiger partial charge in [-0.05, 0) is 36.6 Å². The number of piperidine rings is 1. The van der Waals surface area contributed by atoms with Crippen molar-refractivity contribution in [2.45, 2.75) is 18.9 Å². The average molecular weight is 459 g/mol. The minimum Gasteiger partial charge on any atom is -0.457 e. The number of hydrogen-bond acceptors (Lipinski definition) is 5. The van der Waals surface area contributed by atoms with Gasteiger partial charge in [0.2, 0.25) is 0 Å². The summed E-state index contributed by atoms with van der Waals surface area (Å²) < 4.78 is 33.1. The summed E-state index contributed by atoms with van der Waals surface area (Å²) in [6.07, 6.45) is 0.540. The van der Waals surface area contributed by atoms with Gasteiger partial charge in [-0.1, -0.05) is 11.6 Å². The van der Waals surface area contributed by atoms with E-state index in [0.717, 1.165) is 23.5 Å². The van der Waals surface area contributed by atoms with Crippen LogP contribution in [0.5, 0.6) is 0 Å². The molecule has 0 aliphatic carbocycles. The van der Waals surface area contributed by atoms with Crippen LogP contribution >= 0.6 is 22.9 Å². The molecule has 12 heteroatoms. The minimum absolute atomic E-state index is 0.0410. The third-order valence-corrected chi connectivity index (χ3v) is 5.88. The van der Waals surface area contributed by atoms with Crippen molar-refractivity contribution >= 4 is 46.0 Å². The van der Waals surface area contributed by atoms with E-state index in [1.165, 1.54) is 11.0 Å². The van der Waals surface area contributed by atoms with Crippen LogP contribution in [-0.2, 0) is 4.74 Å². The number of nitrogens with two attached hydrogens (primary N) is 2. The van der Waals surface area contributed by atoms with Crippen molar-refractivity contribution < 1.29 is 27.9 Å². The summed E-state index contributed by atoms with van der Waals surface area (Å²) in [4.78, 5) is 37.0. The Morgan fingerprint density at radius 3 is 2.47 bits per heavy atom. The Hall–Kier alpha value is -2.92. The van der Waals surface area contributed by atoms with Crippen LogP contribution in [0.2, 0.25) is 5.02 Å². The number of halogens is 3. The van der Waals surface area contributed by atoms with Crippen LogP contribution in [0, 0.1) is 11.6 Å². The Balaban J connectivity index is 1.88. The van der Waals surface area contributed by atoms with Crippen LogP contribution in [0.1, 0.15) is 23.2 Å². The zero-order valence-electron chi connectivity index (χ0n) is 15.4. The molecule has 1 aliphatic rings. The quantitative estimate of drug-likeness (QED) is 0.478. The molecule has 1 aromatic heterocycles. The number of carbonyl (C=O) groups excluding carboxylic acids is 3. The van der Waals surface area contributed by atoms with Crippen molar-refractivity contribution in [2.24, 2.45) is 11.5 Å². The lowest BCUT2D eigenvalue weighted by molar-refractivity contribution is 0.0129. The van der Waals surface area contributed by atoms with E-state index in [0.29, 0.717) is 19.4 Å². The second-order valence-electron chi connectivity index (χ2n) is 6.55. The summed E-state index contributed by atoms with van der Waals surface area (Å²) in [5.74, 6) is -2.72. The number of primary amides is 2. The van der Waals surface area contributed by atoms with Crippen molar-refractivity contribution in [1.82, 2.24) is 4.90 Å². The number of hydrogen-bond donors (Lipinski definition) is 3.